The van der Waals surface area contributed by atoms with Gasteiger partial charge in [0.25, 0.3) is 0 Å². The fraction of sp³-hybridized carbons (Fsp3) is 0.250. The number of thiazole rings is 1. The number of methoxy groups -OCH3 is 1. The van der Waals surface area contributed by atoms with E-state index in [1.165, 1.54) is 11.3 Å². The van der Waals surface area contributed by atoms with E-state index in [0.717, 1.165) is 22.7 Å². The Bertz CT molecular complexity index is 691. The first-order valence-corrected chi connectivity index (χ1v) is 7.65. The van der Waals surface area contributed by atoms with Crippen LogP contribution in [0.1, 0.15) is 12.8 Å². The summed E-state index contributed by atoms with van der Waals surface area (Å²) in [6.45, 7) is 0. The van der Waals surface area contributed by atoms with Gasteiger partial charge in [-0.3, -0.25) is 0 Å². The van der Waals surface area contributed by atoms with E-state index in [4.69, 9.17) is 4.74 Å². The molecule has 0 fully saturated rings. The smallest absolute Gasteiger partial charge is 0.209 e. The molecule has 1 aliphatic rings. The number of allylic oxidation sites excluding steroid dienone is 1. The van der Waals surface area contributed by atoms with Crippen LogP contribution >= 0.6 is 11.3 Å². The van der Waals surface area contributed by atoms with Crippen molar-refractivity contribution in [1.82, 2.24) is 4.98 Å². The summed E-state index contributed by atoms with van der Waals surface area (Å²) in [4.78, 5) is 9.05. The Kier molecular flexibility index (Phi) is 4.13. The maximum absolute atomic E-state index is 9.64. The third-order valence-corrected chi connectivity index (χ3v) is 4.01. The molecule has 0 bridgehead atoms. The van der Waals surface area contributed by atoms with Gasteiger partial charge in [-0.05, 0) is 24.6 Å². The SMILES string of the molecule is COc1ccccc1-c1csc(N=C2C=CCC(O)C2)n1. The van der Waals surface area contributed by atoms with Gasteiger partial charge in [-0.2, -0.15) is 0 Å². The summed E-state index contributed by atoms with van der Waals surface area (Å²) in [5, 5.41) is 12.3. The van der Waals surface area contributed by atoms with Crippen molar-refractivity contribution in [2.24, 2.45) is 4.99 Å². The van der Waals surface area contributed by atoms with Crippen molar-refractivity contribution >= 4 is 22.2 Å². The summed E-state index contributed by atoms with van der Waals surface area (Å²) in [5.41, 5.74) is 2.69. The third kappa shape index (κ3) is 3.20. The molecule has 1 heterocycles. The van der Waals surface area contributed by atoms with E-state index in [9.17, 15) is 5.11 Å². The largest absolute Gasteiger partial charge is 0.496 e. The van der Waals surface area contributed by atoms with Crippen molar-refractivity contribution in [1.29, 1.82) is 0 Å². The molecular weight excluding hydrogens is 284 g/mol. The number of ether oxygens (including phenoxy) is 1. The van der Waals surface area contributed by atoms with Gasteiger partial charge in [0.15, 0.2) is 0 Å². The predicted molar refractivity (Wildman–Crippen MR) is 85.6 cm³/mol. The maximum Gasteiger partial charge on any atom is 0.209 e. The third-order valence-electron chi connectivity index (χ3n) is 3.28. The van der Waals surface area contributed by atoms with E-state index in [2.05, 4.69) is 9.98 Å². The van der Waals surface area contributed by atoms with Crippen molar-refractivity contribution in [3.05, 3.63) is 41.8 Å². The topological polar surface area (TPSA) is 54.7 Å². The van der Waals surface area contributed by atoms with Crippen LogP contribution < -0.4 is 4.74 Å². The van der Waals surface area contributed by atoms with E-state index >= 15 is 0 Å². The van der Waals surface area contributed by atoms with E-state index in [1.807, 2.05) is 41.8 Å². The van der Waals surface area contributed by atoms with Crippen molar-refractivity contribution in [2.45, 2.75) is 18.9 Å². The van der Waals surface area contributed by atoms with Gasteiger partial charge in [0.2, 0.25) is 5.13 Å². The molecule has 2 aromatic rings. The lowest BCUT2D eigenvalue weighted by Gasteiger charge is -2.12. The first-order valence-electron chi connectivity index (χ1n) is 6.77. The highest BCUT2D eigenvalue weighted by atomic mass is 32.1. The number of nitrogens with zero attached hydrogens (tertiary/aromatic N) is 2. The standard InChI is InChI=1S/C16H16N2O2S/c1-20-15-8-3-2-7-13(15)14-10-21-16(18-14)17-11-5-4-6-12(19)9-11/h2-5,7-8,10,12,19H,6,9H2,1H3. The Hall–Kier alpha value is -1.98. The van der Waals surface area contributed by atoms with Crippen LogP contribution in [-0.4, -0.2) is 29.0 Å². The number of para-hydroxylation sites is 1. The molecule has 0 amide bonds. The summed E-state index contributed by atoms with van der Waals surface area (Å²) >= 11 is 1.49. The lowest BCUT2D eigenvalue weighted by atomic mass is 10.0. The molecule has 0 saturated carbocycles. The molecule has 3 rings (SSSR count). The predicted octanol–water partition coefficient (Wildman–Crippen LogP) is 3.60. The van der Waals surface area contributed by atoms with E-state index in [0.29, 0.717) is 18.0 Å². The minimum absolute atomic E-state index is 0.331. The van der Waals surface area contributed by atoms with Crippen LogP contribution in [0.2, 0.25) is 0 Å². The maximum atomic E-state index is 9.64. The van der Waals surface area contributed by atoms with Crippen LogP contribution in [-0.2, 0) is 0 Å². The van der Waals surface area contributed by atoms with Gasteiger partial charge in [-0.25, -0.2) is 9.98 Å². The van der Waals surface area contributed by atoms with Crippen LogP contribution in [0.15, 0.2) is 46.8 Å². The lowest BCUT2D eigenvalue weighted by molar-refractivity contribution is 0.184. The summed E-state index contributed by atoms with van der Waals surface area (Å²) < 4.78 is 5.36. The molecule has 1 aromatic carbocycles. The molecule has 1 aromatic heterocycles. The lowest BCUT2D eigenvalue weighted by Crippen LogP contribution is -2.14. The molecule has 0 saturated heterocycles. The van der Waals surface area contributed by atoms with Crippen molar-refractivity contribution in [3.8, 4) is 17.0 Å². The second kappa shape index (κ2) is 6.20. The Morgan fingerprint density at radius 1 is 1.38 bits per heavy atom. The molecule has 5 heteroatoms. The number of rotatable bonds is 3. The summed E-state index contributed by atoms with van der Waals surface area (Å²) in [6, 6.07) is 7.79. The number of aliphatic hydroxyl groups is 1. The summed E-state index contributed by atoms with van der Waals surface area (Å²) in [5.74, 6) is 0.801. The molecule has 1 N–H and O–H groups in total. The number of aliphatic imine (C=N–C) groups is 1. The van der Waals surface area contributed by atoms with Crippen LogP contribution in [0.3, 0.4) is 0 Å². The van der Waals surface area contributed by atoms with Gasteiger partial charge in [-0.1, -0.05) is 18.2 Å². The number of benzene rings is 1. The first kappa shape index (κ1) is 14.0. The van der Waals surface area contributed by atoms with Crippen molar-refractivity contribution in [2.75, 3.05) is 7.11 Å². The fourth-order valence-corrected chi connectivity index (χ4v) is 2.97. The average molecular weight is 300 g/mol. The van der Waals surface area contributed by atoms with E-state index < -0.39 is 0 Å². The zero-order chi connectivity index (χ0) is 14.7. The highest BCUT2D eigenvalue weighted by Gasteiger charge is 2.12. The van der Waals surface area contributed by atoms with Gasteiger partial charge < -0.3 is 9.84 Å². The molecule has 1 aliphatic carbocycles. The van der Waals surface area contributed by atoms with Crippen molar-refractivity contribution < 1.29 is 9.84 Å². The fourth-order valence-electron chi connectivity index (χ4n) is 2.26. The van der Waals surface area contributed by atoms with Gasteiger partial charge >= 0.3 is 0 Å². The van der Waals surface area contributed by atoms with Crippen LogP contribution in [0.4, 0.5) is 5.13 Å². The molecule has 1 atom stereocenters. The Morgan fingerprint density at radius 3 is 3.05 bits per heavy atom. The Morgan fingerprint density at radius 2 is 2.24 bits per heavy atom. The average Bonchev–Trinajstić information content (AvgIpc) is 2.95. The molecule has 4 nitrogen and oxygen atoms in total. The van der Waals surface area contributed by atoms with E-state index in [-0.39, 0.29) is 6.10 Å². The minimum Gasteiger partial charge on any atom is -0.496 e. The highest BCUT2D eigenvalue weighted by molar-refractivity contribution is 7.13. The number of aliphatic hydroxyl groups excluding tert-OH is 1. The molecular formula is C16H16N2O2S. The monoisotopic (exact) mass is 300 g/mol. The van der Waals surface area contributed by atoms with Crippen LogP contribution in [0.25, 0.3) is 11.3 Å². The highest BCUT2D eigenvalue weighted by Crippen LogP contribution is 2.33. The quantitative estimate of drug-likeness (QED) is 0.942. The zero-order valence-electron chi connectivity index (χ0n) is 11.7. The second-order valence-electron chi connectivity index (χ2n) is 4.81. The number of hydrogen-bond donors (Lipinski definition) is 1. The molecule has 0 aliphatic heterocycles. The second-order valence-corrected chi connectivity index (χ2v) is 5.65. The van der Waals surface area contributed by atoms with Gasteiger partial charge in [-0.15, -0.1) is 11.3 Å². The number of aromatic nitrogens is 1. The minimum atomic E-state index is -0.331. The molecule has 0 radical (unpaired) electrons. The van der Waals surface area contributed by atoms with Crippen LogP contribution in [0.5, 0.6) is 5.75 Å². The van der Waals surface area contributed by atoms with Gasteiger partial charge in [0, 0.05) is 23.1 Å². The van der Waals surface area contributed by atoms with Crippen LogP contribution in [0, 0.1) is 0 Å². The molecule has 0 spiro atoms. The molecule has 21 heavy (non-hydrogen) atoms. The zero-order valence-corrected chi connectivity index (χ0v) is 12.5. The Balaban J connectivity index is 1.88. The summed E-state index contributed by atoms with van der Waals surface area (Å²) in [6.07, 6.45) is 4.85. The number of hydrogen-bond acceptors (Lipinski definition) is 5. The summed E-state index contributed by atoms with van der Waals surface area (Å²) in [7, 11) is 1.65. The Labute approximate surface area is 127 Å². The molecule has 108 valence electrons. The van der Waals surface area contributed by atoms with E-state index in [1.54, 1.807) is 7.11 Å². The molecule has 1 unspecified atom stereocenters. The van der Waals surface area contributed by atoms with Gasteiger partial charge in [0.05, 0.1) is 18.9 Å². The first-order chi connectivity index (χ1) is 10.3. The normalized spacial score (nSPS) is 19.9. The van der Waals surface area contributed by atoms with Crippen molar-refractivity contribution in [3.63, 3.8) is 0 Å². The van der Waals surface area contributed by atoms with Gasteiger partial charge in [0.1, 0.15) is 5.75 Å².